The van der Waals surface area contributed by atoms with Crippen molar-refractivity contribution in [3.05, 3.63) is 54.2 Å². The lowest BCUT2D eigenvalue weighted by Crippen LogP contribution is -2.27. The summed E-state index contributed by atoms with van der Waals surface area (Å²) >= 11 is 0. The molecule has 0 aromatic carbocycles. The summed E-state index contributed by atoms with van der Waals surface area (Å²) in [6.45, 7) is 1.92. The minimum absolute atomic E-state index is 0.00422. The van der Waals surface area contributed by atoms with Crippen LogP contribution in [0.3, 0.4) is 0 Å². The lowest BCUT2D eigenvalue weighted by atomic mass is 10.2. The van der Waals surface area contributed by atoms with Gasteiger partial charge in [-0.1, -0.05) is 6.07 Å². The van der Waals surface area contributed by atoms with Crippen molar-refractivity contribution in [2.45, 2.75) is 25.8 Å². The summed E-state index contributed by atoms with van der Waals surface area (Å²) in [5.74, 6) is 0.834. The molecule has 0 bridgehead atoms. The molecule has 0 unspecified atom stereocenters. The van der Waals surface area contributed by atoms with Gasteiger partial charge in [0.05, 0.1) is 18.0 Å². The lowest BCUT2D eigenvalue weighted by molar-refractivity contribution is -0.121. The fraction of sp³-hybridized carbons (Fsp3) is 0.286. The molecule has 2 heterocycles. The third-order valence-electron chi connectivity index (χ3n) is 2.69. The Labute approximate surface area is 106 Å². The molecule has 94 valence electrons. The minimum Gasteiger partial charge on any atom is -0.469 e. The minimum atomic E-state index is -0.0738. The molecule has 0 aliphatic carbocycles. The van der Waals surface area contributed by atoms with E-state index < -0.39 is 0 Å². The summed E-state index contributed by atoms with van der Waals surface area (Å²) in [4.78, 5) is 15.9. The molecule has 0 saturated heterocycles. The van der Waals surface area contributed by atoms with Crippen molar-refractivity contribution in [3.63, 3.8) is 0 Å². The zero-order valence-corrected chi connectivity index (χ0v) is 10.3. The molecule has 2 rings (SSSR count). The molecule has 2 aromatic heterocycles. The maximum absolute atomic E-state index is 11.7. The van der Waals surface area contributed by atoms with Crippen molar-refractivity contribution in [1.29, 1.82) is 0 Å². The molecule has 4 nitrogen and oxygen atoms in total. The number of rotatable bonds is 5. The normalized spacial score (nSPS) is 12.1. The van der Waals surface area contributed by atoms with Crippen LogP contribution in [-0.2, 0) is 11.2 Å². The van der Waals surface area contributed by atoms with Gasteiger partial charge in [-0.2, -0.15) is 0 Å². The molecule has 0 spiro atoms. The van der Waals surface area contributed by atoms with E-state index in [1.165, 1.54) is 0 Å². The number of furan rings is 1. The zero-order chi connectivity index (χ0) is 12.8. The predicted octanol–water partition coefficient (Wildman–Crippen LogP) is 2.48. The van der Waals surface area contributed by atoms with Gasteiger partial charge in [0, 0.05) is 19.0 Å². The predicted molar refractivity (Wildman–Crippen MR) is 67.8 cm³/mol. The van der Waals surface area contributed by atoms with Crippen LogP contribution in [0.4, 0.5) is 0 Å². The molecule has 0 aliphatic heterocycles. The van der Waals surface area contributed by atoms with Crippen LogP contribution in [0.15, 0.2) is 47.2 Å². The number of hydrogen-bond acceptors (Lipinski definition) is 3. The van der Waals surface area contributed by atoms with Crippen LogP contribution in [0.25, 0.3) is 0 Å². The summed E-state index contributed by atoms with van der Waals surface area (Å²) < 4.78 is 5.18. The van der Waals surface area contributed by atoms with Crippen LogP contribution >= 0.6 is 0 Å². The maximum Gasteiger partial charge on any atom is 0.220 e. The highest BCUT2D eigenvalue weighted by Gasteiger charge is 2.10. The highest BCUT2D eigenvalue weighted by atomic mass is 16.3. The number of hydrogen-bond donors (Lipinski definition) is 1. The van der Waals surface area contributed by atoms with E-state index in [1.54, 1.807) is 12.5 Å². The third-order valence-corrected chi connectivity index (χ3v) is 2.69. The Morgan fingerprint density at radius 1 is 1.39 bits per heavy atom. The molecule has 0 aliphatic rings. The van der Waals surface area contributed by atoms with E-state index >= 15 is 0 Å². The van der Waals surface area contributed by atoms with Crippen LogP contribution in [0, 0.1) is 0 Å². The van der Waals surface area contributed by atoms with Crippen LogP contribution in [-0.4, -0.2) is 10.9 Å². The van der Waals surface area contributed by atoms with Crippen molar-refractivity contribution in [3.8, 4) is 0 Å². The topological polar surface area (TPSA) is 55.1 Å². The Hall–Kier alpha value is -2.10. The van der Waals surface area contributed by atoms with E-state index in [-0.39, 0.29) is 11.9 Å². The summed E-state index contributed by atoms with van der Waals surface area (Å²) in [5.41, 5.74) is 0.865. The summed E-state index contributed by atoms with van der Waals surface area (Å²) in [6.07, 6.45) is 4.38. The smallest absolute Gasteiger partial charge is 0.220 e. The Balaban J connectivity index is 1.80. The molecular weight excluding hydrogens is 228 g/mol. The number of amides is 1. The highest BCUT2D eigenvalue weighted by molar-refractivity contribution is 5.76. The number of aromatic nitrogens is 1. The first-order chi connectivity index (χ1) is 8.75. The van der Waals surface area contributed by atoms with Gasteiger partial charge in [-0.05, 0) is 31.2 Å². The molecule has 1 atom stereocenters. The molecule has 2 aromatic rings. The number of nitrogens with zero attached hydrogens (tertiary/aromatic N) is 1. The Morgan fingerprint density at radius 2 is 2.28 bits per heavy atom. The van der Waals surface area contributed by atoms with Gasteiger partial charge >= 0.3 is 0 Å². The Morgan fingerprint density at radius 3 is 2.94 bits per heavy atom. The molecule has 4 heteroatoms. The van der Waals surface area contributed by atoms with Gasteiger partial charge in [-0.25, -0.2) is 0 Å². The molecule has 18 heavy (non-hydrogen) atoms. The number of pyridine rings is 1. The number of nitrogens with one attached hydrogen (secondary N) is 1. The second-order valence-electron chi connectivity index (χ2n) is 4.12. The van der Waals surface area contributed by atoms with Crippen molar-refractivity contribution in [1.82, 2.24) is 10.3 Å². The molecule has 0 saturated carbocycles. The molecule has 1 N–H and O–H groups in total. The standard InChI is InChI=1S/C14H16N2O2/c1-11(13-6-2-3-9-15-13)16-14(17)8-7-12-5-4-10-18-12/h2-6,9-11H,7-8H2,1H3,(H,16,17)/t11-/m0/s1. The van der Waals surface area contributed by atoms with Gasteiger partial charge in [0.2, 0.25) is 5.91 Å². The second kappa shape index (κ2) is 6.00. The fourth-order valence-electron chi connectivity index (χ4n) is 1.71. The van der Waals surface area contributed by atoms with Crippen molar-refractivity contribution in [2.75, 3.05) is 0 Å². The largest absolute Gasteiger partial charge is 0.469 e. The first-order valence-corrected chi connectivity index (χ1v) is 5.98. The van der Waals surface area contributed by atoms with Crippen molar-refractivity contribution < 1.29 is 9.21 Å². The first kappa shape index (κ1) is 12.4. The van der Waals surface area contributed by atoms with E-state index in [0.717, 1.165) is 11.5 Å². The fourth-order valence-corrected chi connectivity index (χ4v) is 1.71. The van der Waals surface area contributed by atoms with Gasteiger partial charge in [0.15, 0.2) is 0 Å². The van der Waals surface area contributed by atoms with E-state index in [4.69, 9.17) is 4.42 Å². The van der Waals surface area contributed by atoms with Gasteiger partial charge in [-0.3, -0.25) is 9.78 Å². The van der Waals surface area contributed by atoms with E-state index in [0.29, 0.717) is 12.8 Å². The van der Waals surface area contributed by atoms with Crippen molar-refractivity contribution in [2.24, 2.45) is 0 Å². The third kappa shape index (κ3) is 3.45. The van der Waals surface area contributed by atoms with E-state index in [2.05, 4.69) is 10.3 Å². The quantitative estimate of drug-likeness (QED) is 0.879. The van der Waals surface area contributed by atoms with E-state index in [1.807, 2.05) is 37.3 Å². The van der Waals surface area contributed by atoms with Crippen molar-refractivity contribution >= 4 is 5.91 Å². The van der Waals surface area contributed by atoms with Crippen LogP contribution in [0.2, 0.25) is 0 Å². The SMILES string of the molecule is C[C@H](NC(=O)CCc1ccco1)c1ccccn1. The maximum atomic E-state index is 11.7. The number of aryl methyl sites for hydroxylation is 1. The second-order valence-corrected chi connectivity index (χ2v) is 4.12. The lowest BCUT2D eigenvalue weighted by Gasteiger charge is -2.12. The van der Waals surface area contributed by atoms with E-state index in [9.17, 15) is 4.79 Å². The zero-order valence-electron chi connectivity index (χ0n) is 10.3. The molecule has 0 radical (unpaired) electrons. The first-order valence-electron chi connectivity index (χ1n) is 5.98. The summed E-state index contributed by atoms with van der Waals surface area (Å²) in [5, 5.41) is 2.92. The van der Waals surface area contributed by atoms with Gasteiger partial charge in [0.25, 0.3) is 0 Å². The Kier molecular flexibility index (Phi) is 4.12. The van der Waals surface area contributed by atoms with Crippen LogP contribution in [0.5, 0.6) is 0 Å². The van der Waals surface area contributed by atoms with Gasteiger partial charge < -0.3 is 9.73 Å². The molecule has 1 amide bonds. The summed E-state index contributed by atoms with van der Waals surface area (Å²) in [6, 6.07) is 9.29. The monoisotopic (exact) mass is 244 g/mol. The van der Waals surface area contributed by atoms with Crippen LogP contribution < -0.4 is 5.32 Å². The summed E-state index contributed by atoms with van der Waals surface area (Å²) in [7, 11) is 0. The average Bonchev–Trinajstić information content (AvgIpc) is 2.90. The number of carbonyl (C=O) groups is 1. The molecular formula is C14H16N2O2. The van der Waals surface area contributed by atoms with Crippen LogP contribution in [0.1, 0.15) is 30.8 Å². The number of carbonyl (C=O) groups excluding carboxylic acids is 1. The van der Waals surface area contributed by atoms with Gasteiger partial charge in [0.1, 0.15) is 5.76 Å². The molecule has 0 fully saturated rings. The highest BCUT2D eigenvalue weighted by Crippen LogP contribution is 2.09. The Bertz CT molecular complexity index is 480. The van der Waals surface area contributed by atoms with Gasteiger partial charge in [-0.15, -0.1) is 0 Å². The average molecular weight is 244 g/mol.